The van der Waals surface area contributed by atoms with Gasteiger partial charge in [-0.25, -0.2) is 0 Å². The van der Waals surface area contributed by atoms with Crippen LogP contribution in [0.15, 0.2) is 24.3 Å². The average molecular weight is 246 g/mol. The molecule has 0 aliphatic heterocycles. The van der Waals surface area contributed by atoms with Gasteiger partial charge in [-0.2, -0.15) is 5.26 Å². The van der Waals surface area contributed by atoms with Crippen LogP contribution in [0.2, 0.25) is 0 Å². The molecular formula is C14H18N2O2. The van der Waals surface area contributed by atoms with Crippen molar-refractivity contribution in [3.63, 3.8) is 0 Å². The van der Waals surface area contributed by atoms with Crippen molar-refractivity contribution >= 4 is 5.91 Å². The second kappa shape index (κ2) is 7.33. The van der Waals surface area contributed by atoms with Gasteiger partial charge in [-0.05, 0) is 12.5 Å². The molecule has 1 aromatic carbocycles. The highest BCUT2D eigenvalue weighted by Gasteiger charge is 2.17. The topological polar surface area (TPSA) is 62.1 Å². The van der Waals surface area contributed by atoms with Gasteiger partial charge in [0.2, 0.25) is 5.91 Å². The zero-order valence-corrected chi connectivity index (χ0v) is 10.8. The highest BCUT2D eigenvalue weighted by Crippen LogP contribution is 2.24. The molecule has 1 rings (SSSR count). The number of carbonyl (C=O) groups is 1. The van der Waals surface area contributed by atoms with Gasteiger partial charge in [0.15, 0.2) is 0 Å². The fourth-order valence-electron chi connectivity index (χ4n) is 1.65. The summed E-state index contributed by atoms with van der Waals surface area (Å²) in [5.74, 6) is 0.508. The Morgan fingerprint density at radius 3 is 2.83 bits per heavy atom. The molecule has 1 amide bonds. The zero-order valence-electron chi connectivity index (χ0n) is 10.8. The van der Waals surface area contributed by atoms with Gasteiger partial charge in [0.05, 0.1) is 13.2 Å². The summed E-state index contributed by atoms with van der Waals surface area (Å²) in [4.78, 5) is 11.6. The lowest BCUT2D eigenvalue weighted by molar-refractivity contribution is -0.121. The predicted octanol–water partition coefficient (Wildman–Crippen LogP) is 2.57. The summed E-state index contributed by atoms with van der Waals surface area (Å²) in [6.45, 7) is 2.02. The van der Waals surface area contributed by atoms with E-state index in [1.807, 2.05) is 19.1 Å². The van der Waals surface area contributed by atoms with E-state index < -0.39 is 6.04 Å². The lowest BCUT2D eigenvalue weighted by atomic mass is 10.1. The van der Waals surface area contributed by atoms with E-state index in [2.05, 4.69) is 11.4 Å². The number of amides is 1. The summed E-state index contributed by atoms with van der Waals surface area (Å²) < 4.78 is 5.19. The van der Waals surface area contributed by atoms with Gasteiger partial charge in [-0.15, -0.1) is 0 Å². The summed E-state index contributed by atoms with van der Waals surface area (Å²) in [5, 5.41) is 11.9. The second-order valence-corrected chi connectivity index (χ2v) is 3.98. The molecule has 1 N–H and O–H groups in total. The van der Waals surface area contributed by atoms with Gasteiger partial charge in [0.1, 0.15) is 11.8 Å². The Labute approximate surface area is 108 Å². The molecule has 0 aromatic heterocycles. The van der Waals surface area contributed by atoms with E-state index in [9.17, 15) is 4.79 Å². The first-order chi connectivity index (χ1) is 8.72. The number of nitrogens with one attached hydrogen (secondary N) is 1. The lowest BCUT2D eigenvalue weighted by Gasteiger charge is -2.14. The Bertz CT molecular complexity index is 438. The zero-order chi connectivity index (χ0) is 13.4. The van der Waals surface area contributed by atoms with E-state index in [-0.39, 0.29) is 5.91 Å². The minimum atomic E-state index is -0.662. The third-order valence-electron chi connectivity index (χ3n) is 2.64. The molecule has 1 unspecified atom stereocenters. The maximum atomic E-state index is 11.6. The number of hydrogen-bond donors (Lipinski definition) is 1. The fourth-order valence-corrected chi connectivity index (χ4v) is 1.65. The van der Waals surface area contributed by atoms with Gasteiger partial charge in [-0.1, -0.05) is 31.5 Å². The SMILES string of the molecule is CCCCC(=O)NC(C#N)c1ccccc1OC. The molecule has 4 nitrogen and oxygen atoms in total. The van der Waals surface area contributed by atoms with Crippen LogP contribution < -0.4 is 10.1 Å². The summed E-state index contributed by atoms with van der Waals surface area (Å²) >= 11 is 0. The molecule has 0 saturated heterocycles. The van der Waals surface area contributed by atoms with E-state index in [4.69, 9.17) is 10.00 Å². The number of carbonyl (C=O) groups excluding carboxylic acids is 1. The van der Waals surface area contributed by atoms with Gasteiger partial charge >= 0.3 is 0 Å². The van der Waals surface area contributed by atoms with E-state index >= 15 is 0 Å². The molecular weight excluding hydrogens is 228 g/mol. The Balaban J connectivity index is 2.77. The molecule has 96 valence electrons. The number of ether oxygens (including phenoxy) is 1. The predicted molar refractivity (Wildman–Crippen MR) is 69.0 cm³/mol. The van der Waals surface area contributed by atoms with Crippen molar-refractivity contribution in [1.82, 2.24) is 5.32 Å². The van der Waals surface area contributed by atoms with Crippen molar-refractivity contribution in [2.24, 2.45) is 0 Å². The van der Waals surface area contributed by atoms with Crippen LogP contribution in [0.3, 0.4) is 0 Å². The minimum absolute atomic E-state index is 0.102. The Hall–Kier alpha value is -2.02. The van der Waals surface area contributed by atoms with E-state index in [1.54, 1.807) is 19.2 Å². The van der Waals surface area contributed by atoms with Crippen LogP contribution in [0.25, 0.3) is 0 Å². The van der Waals surface area contributed by atoms with Crippen molar-refractivity contribution in [2.75, 3.05) is 7.11 Å². The van der Waals surface area contributed by atoms with Crippen molar-refractivity contribution < 1.29 is 9.53 Å². The van der Waals surface area contributed by atoms with Crippen LogP contribution >= 0.6 is 0 Å². The van der Waals surface area contributed by atoms with E-state index in [1.165, 1.54) is 0 Å². The van der Waals surface area contributed by atoms with Crippen LogP contribution in [-0.4, -0.2) is 13.0 Å². The highest BCUT2D eigenvalue weighted by atomic mass is 16.5. The standard InChI is InChI=1S/C14H18N2O2/c1-3-4-9-14(17)16-12(10-15)11-7-5-6-8-13(11)18-2/h5-8,12H,3-4,9H2,1-2H3,(H,16,17). The number of unbranched alkanes of at least 4 members (excludes halogenated alkanes) is 1. The Morgan fingerprint density at radius 1 is 1.50 bits per heavy atom. The van der Waals surface area contributed by atoms with Gasteiger partial charge in [0.25, 0.3) is 0 Å². The molecule has 0 spiro atoms. The van der Waals surface area contributed by atoms with Crippen molar-refractivity contribution in [3.8, 4) is 11.8 Å². The van der Waals surface area contributed by atoms with Crippen LogP contribution in [0.5, 0.6) is 5.75 Å². The van der Waals surface area contributed by atoms with E-state index in [0.717, 1.165) is 12.8 Å². The minimum Gasteiger partial charge on any atom is -0.496 e. The van der Waals surface area contributed by atoms with Gasteiger partial charge < -0.3 is 10.1 Å². The number of nitrogens with zero attached hydrogens (tertiary/aromatic N) is 1. The van der Waals surface area contributed by atoms with Crippen LogP contribution in [-0.2, 0) is 4.79 Å². The first-order valence-electron chi connectivity index (χ1n) is 6.04. The average Bonchev–Trinajstić information content (AvgIpc) is 2.42. The molecule has 0 radical (unpaired) electrons. The fraction of sp³-hybridized carbons (Fsp3) is 0.429. The Morgan fingerprint density at radius 2 is 2.22 bits per heavy atom. The lowest BCUT2D eigenvalue weighted by Crippen LogP contribution is -2.27. The van der Waals surface area contributed by atoms with Gasteiger partial charge in [-0.3, -0.25) is 4.79 Å². The number of rotatable bonds is 6. The van der Waals surface area contributed by atoms with Crippen molar-refractivity contribution in [2.45, 2.75) is 32.2 Å². The number of para-hydroxylation sites is 1. The number of benzene rings is 1. The molecule has 0 fully saturated rings. The number of methoxy groups -OCH3 is 1. The monoisotopic (exact) mass is 246 g/mol. The summed E-state index contributed by atoms with van der Waals surface area (Å²) in [7, 11) is 1.55. The van der Waals surface area contributed by atoms with E-state index in [0.29, 0.717) is 17.7 Å². The molecule has 1 aromatic rings. The van der Waals surface area contributed by atoms with Crippen molar-refractivity contribution in [3.05, 3.63) is 29.8 Å². The van der Waals surface area contributed by atoms with Crippen LogP contribution in [0.4, 0.5) is 0 Å². The molecule has 18 heavy (non-hydrogen) atoms. The third-order valence-corrected chi connectivity index (χ3v) is 2.64. The van der Waals surface area contributed by atoms with Crippen LogP contribution in [0.1, 0.15) is 37.8 Å². The van der Waals surface area contributed by atoms with Crippen LogP contribution in [0, 0.1) is 11.3 Å². The third kappa shape index (κ3) is 3.77. The number of nitriles is 1. The molecule has 1 atom stereocenters. The summed E-state index contributed by atoms with van der Waals surface area (Å²) in [5.41, 5.74) is 0.687. The second-order valence-electron chi connectivity index (χ2n) is 3.98. The molecule has 4 heteroatoms. The largest absolute Gasteiger partial charge is 0.496 e. The summed E-state index contributed by atoms with van der Waals surface area (Å²) in [6, 6.07) is 8.64. The smallest absolute Gasteiger partial charge is 0.221 e. The number of hydrogen-bond acceptors (Lipinski definition) is 3. The van der Waals surface area contributed by atoms with Crippen molar-refractivity contribution in [1.29, 1.82) is 5.26 Å². The Kier molecular flexibility index (Phi) is 5.72. The maximum absolute atomic E-state index is 11.6. The summed E-state index contributed by atoms with van der Waals surface area (Å²) in [6.07, 6.45) is 2.24. The molecule has 0 aliphatic rings. The maximum Gasteiger partial charge on any atom is 0.221 e. The molecule has 0 saturated carbocycles. The first kappa shape index (κ1) is 14.0. The molecule has 0 bridgehead atoms. The molecule has 0 aliphatic carbocycles. The van der Waals surface area contributed by atoms with Gasteiger partial charge in [0, 0.05) is 12.0 Å². The quantitative estimate of drug-likeness (QED) is 0.839. The molecule has 0 heterocycles. The normalized spacial score (nSPS) is 11.4. The highest BCUT2D eigenvalue weighted by molar-refractivity contribution is 5.77. The first-order valence-corrected chi connectivity index (χ1v) is 6.04.